The van der Waals surface area contributed by atoms with Crippen molar-refractivity contribution in [2.24, 2.45) is 5.92 Å². The van der Waals surface area contributed by atoms with Gasteiger partial charge in [0.05, 0.1) is 0 Å². The minimum Gasteiger partial charge on any atom is -0.270 e. The van der Waals surface area contributed by atoms with Gasteiger partial charge in [-0.2, -0.15) is 5.10 Å². The molecule has 0 spiro atoms. The van der Waals surface area contributed by atoms with Crippen LogP contribution in [0.2, 0.25) is 0 Å². The Morgan fingerprint density at radius 2 is 2.31 bits per heavy atom. The van der Waals surface area contributed by atoms with Crippen LogP contribution in [0.3, 0.4) is 0 Å². The summed E-state index contributed by atoms with van der Waals surface area (Å²) >= 11 is 0. The Bertz CT molecular complexity index is 370. The van der Waals surface area contributed by atoms with E-state index in [1.165, 1.54) is 0 Å². The molecule has 0 aliphatic carbocycles. The summed E-state index contributed by atoms with van der Waals surface area (Å²) < 4.78 is 1.96. The first kappa shape index (κ1) is 8.23. The fourth-order valence-corrected chi connectivity index (χ4v) is 1.37. The van der Waals surface area contributed by atoms with Gasteiger partial charge in [0.1, 0.15) is 0 Å². The molecule has 0 aliphatic rings. The lowest BCUT2D eigenvalue weighted by molar-refractivity contribution is 0.485. The summed E-state index contributed by atoms with van der Waals surface area (Å²) in [5.74, 6) is 0.620. The molecule has 13 heavy (non-hydrogen) atoms. The summed E-state index contributed by atoms with van der Waals surface area (Å²) in [6.45, 7) is 5.32. The molecule has 3 nitrogen and oxygen atoms in total. The molecule has 2 rings (SSSR count). The Kier molecular flexibility index (Phi) is 2.00. The molecule has 68 valence electrons. The zero-order valence-electron chi connectivity index (χ0n) is 7.94. The molecule has 0 saturated carbocycles. The van der Waals surface area contributed by atoms with Crippen LogP contribution in [0.5, 0.6) is 0 Å². The highest BCUT2D eigenvalue weighted by molar-refractivity contribution is 5.73. The monoisotopic (exact) mass is 175 g/mol. The van der Waals surface area contributed by atoms with Crippen molar-refractivity contribution in [1.82, 2.24) is 14.8 Å². The Hall–Kier alpha value is -1.38. The van der Waals surface area contributed by atoms with Crippen LogP contribution in [0.25, 0.3) is 11.0 Å². The van der Waals surface area contributed by atoms with E-state index >= 15 is 0 Å². The minimum atomic E-state index is 0.620. The number of pyridine rings is 1. The molecular formula is C10H13N3. The average molecular weight is 175 g/mol. The zero-order valence-corrected chi connectivity index (χ0v) is 7.94. The van der Waals surface area contributed by atoms with Gasteiger partial charge in [-0.3, -0.25) is 4.68 Å². The van der Waals surface area contributed by atoms with E-state index in [-0.39, 0.29) is 0 Å². The van der Waals surface area contributed by atoms with Gasteiger partial charge < -0.3 is 0 Å². The van der Waals surface area contributed by atoms with Crippen LogP contribution < -0.4 is 0 Å². The van der Waals surface area contributed by atoms with Gasteiger partial charge in [-0.05, 0) is 18.1 Å². The Morgan fingerprint density at radius 1 is 1.46 bits per heavy atom. The average Bonchev–Trinajstić information content (AvgIpc) is 2.44. The molecule has 0 atom stereocenters. The summed E-state index contributed by atoms with van der Waals surface area (Å²) in [5.41, 5.74) is 0.836. The van der Waals surface area contributed by atoms with Crippen LogP contribution in [0.4, 0.5) is 0 Å². The van der Waals surface area contributed by atoms with Crippen molar-refractivity contribution in [3.8, 4) is 0 Å². The second kappa shape index (κ2) is 3.17. The Balaban J connectivity index is 2.38. The van der Waals surface area contributed by atoms with Crippen LogP contribution >= 0.6 is 0 Å². The number of aromatic nitrogens is 3. The van der Waals surface area contributed by atoms with Gasteiger partial charge in [-0.25, -0.2) is 4.98 Å². The summed E-state index contributed by atoms with van der Waals surface area (Å²) in [4.78, 5) is 4.18. The van der Waals surface area contributed by atoms with E-state index in [4.69, 9.17) is 0 Å². The highest BCUT2D eigenvalue weighted by Gasteiger charge is 2.01. The van der Waals surface area contributed by atoms with Gasteiger partial charge >= 0.3 is 0 Å². The van der Waals surface area contributed by atoms with E-state index in [1.54, 1.807) is 6.20 Å². The first-order chi connectivity index (χ1) is 6.25. The number of rotatable bonds is 2. The molecule has 2 aromatic heterocycles. The maximum absolute atomic E-state index is 4.36. The number of fused-ring (bicyclic) bond motifs is 1. The predicted molar refractivity (Wildman–Crippen MR) is 52.4 cm³/mol. The Morgan fingerprint density at radius 3 is 3.00 bits per heavy atom. The molecule has 0 saturated heterocycles. The SMILES string of the molecule is CC(C)Cn1cc2cccnc2n1. The largest absolute Gasteiger partial charge is 0.270 e. The summed E-state index contributed by atoms with van der Waals surface area (Å²) in [7, 11) is 0. The third-order valence-electron chi connectivity index (χ3n) is 1.88. The predicted octanol–water partition coefficient (Wildman–Crippen LogP) is 2.09. The lowest BCUT2D eigenvalue weighted by Crippen LogP contribution is -2.04. The van der Waals surface area contributed by atoms with Crippen molar-refractivity contribution in [2.75, 3.05) is 0 Å². The molecular weight excluding hydrogens is 162 g/mol. The van der Waals surface area contributed by atoms with Crippen LogP contribution in [-0.2, 0) is 6.54 Å². The first-order valence-corrected chi connectivity index (χ1v) is 4.54. The van der Waals surface area contributed by atoms with Gasteiger partial charge in [-0.15, -0.1) is 0 Å². The second-order valence-corrected chi connectivity index (χ2v) is 3.66. The molecule has 0 fully saturated rings. The van der Waals surface area contributed by atoms with Crippen LogP contribution in [0, 0.1) is 5.92 Å². The van der Waals surface area contributed by atoms with Gasteiger partial charge in [0.15, 0.2) is 5.65 Å². The maximum atomic E-state index is 4.36. The van der Waals surface area contributed by atoms with Crippen molar-refractivity contribution >= 4 is 11.0 Å². The van der Waals surface area contributed by atoms with Gasteiger partial charge in [0.25, 0.3) is 0 Å². The molecule has 2 aromatic rings. The van der Waals surface area contributed by atoms with Crippen molar-refractivity contribution in [2.45, 2.75) is 20.4 Å². The molecule has 0 aromatic carbocycles. The number of hydrogen-bond acceptors (Lipinski definition) is 2. The third-order valence-corrected chi connectivity index (χ3v) is 1.88. The third kappa shape index (κ3) is 1.69. The molecule has 0 amide bonds. The van der Waals surface area contributed by atoms with Crippen LogP contribution in [0.15, 0.2) is 24.5 Å². The van der Waals surface area contributed by atoms with Crippen molar-refractivity contribution in [3.63, 3.8) is 0 Å². The fourth-order valence-electron chi connectivity index (χ4n) is 1.37. The molecule has 3 heteroatoms. The Labute approximate surface area is 77.4 Å². The smallest absolute Gasteiger partial charge is 0.181 e. The maximum Gasteiger partial charge on any atom is 0.181 e. The lowest BCUT2D eigenvalue weighted by atomic mass is 10.2. The molecule has 0 unspecified atom stereocenters. The number of hydrogen-bond donors (Lipinski definition) is 0. The highest BCUT2D eigenvalue weighted by atomic mass is 15.3. The fraction of sp³-hybridized carbons (Fsp3) is 0.400. The van der Waals surface area contributed by atoms with Crippen LogP contribution in [0.1, 0.15) is 13.8 Å². The summed E-state index contributed by atoms with van der Waals surface area (Å²) in [6, 6.07) is 3.97. The van der Waals surface area contributed by atoms with Crippen molar-refractivity contribution in [1.29, 1.82) is 0 Å². The quantitative estimate of drug-likeness (QED) is 0.699. The van der Waals surface area contributed by atoms with Crippen molar-refractivity contribution < 1.29 is 0 Å². The van der Waals surface area contributed by atoms with E-state index < -0.39 is 0 Å². The molecule has 2 heterocycles. The van der Waals surface area contributed by atoms with Gasteiger partial charge in [0, 0.05) is 24.3 Å². The zero-order chi connectivity index (χ0) is 9.26. The topological polar surface area (TPSA) is 30.7 Å². The standard InChI is InChI=1S/C10H13N3/c1-8(2)6-13-7-9-4-3-5-11-10(9)12-13/h3-5,7-8H,6H2,1-2H3. The van der Waals surface area contributed by atoms with E-state index in [9.17, 15) is 0 Å². The van der Waals surface area contributed by atoms with Crippen molar-refractivity contribution in [3.05, 3.63) is 24.5 Å². The molecule has 0 radical (unpaired) electrons. The van der Waals surface area contributed by atoms with E-state index in [0.29, 0.717) is 5.92 Å². The first-order valence-electron chi connectivity index (χ1n) is 4.54. The normalized spacial score (nSPS) is 11.3. The van der Waals surface area contributed by atoms with Crippen LogP contribution in [-0.4, -0.2) is 14.8 Å². The highest BCUT2D eigenvalue weighted by Crippen LogP contribution is 2.09. The summed E-state index contributed by atoms with van der Waals surface area (Å²) in [5, 5.41) is 5.47. The molecule has 0 aliphatic heterocycles. The van der Waals surface area contributed by atoms with Gasteiger partial charge in [0.2, 0.25) is 0 Å². The number of nitrogens with zero attached hydrogens (tertiary/aromatic N) is 3. The minimum absolute atomic E-state index is 0.620. The molecule has 0 bridgehead atoms. The second-order valence-electron chi connectivity index (χ2n) is 3.66. The van der Waals surface area contributed by atoms with E-state index in [2.05, 4.69) is 23.9 Å². The van der Waals surface area contributed by atoms with Gasteiger partial charge in [-0.1, -0.05) is 13.8 Å². The van der Waals surface area contributed by atoms with E-state index in [0.717, 1.165) is 17.6 Å². The van der Waals surface area contributed by atoms with E-state index in [1.807, 2.05) is 23.0 Å². The molecule has 0 N–H and O–H groups in total. The summed E-state index contributed by atoms with van der Waals surface area (Å²) in [6.07, 6.45) is 3.82. The lowest BCUT2D eigenvalue weighted by Gasteiger charge is -2.02.